The zero-order valence-corrected chi connectivity index (χ0v) is 11.6. The third kappa shape index (κ3) is 3.66. The average Bonchev–Trinajstić information content (AvgIpc) is 3.16. The second kappa shape index (κ2) is 5.56. The number of nitrogens with zero attached hydrogens (tertiary/aromatic N) is 3. The summed E-state index contributed by atoms with van der Waals surface area (Å²) >= 11 is 0. The molecule has 0 spiro atoms. The Bertz CT molecular complexity index is 434. The SMILES string of the molecule is CNc1nc(NCC2(CO)CC2)nc(OC(C)C)n1. The normalized spacial score (nSPS) is 16.3. The maximum atomic E-state index is 9.28. The van der Waals surface area contributed by atoms with Gasteiger partial charge in [0.2, 0.25) is 11.9 Å². The fourth-order valence-electron chi connectivity index (χ4n) is 1.65. The minimum Gasteiger partial charge on any atom is -0.461 e. The Balaban J connectivity index is 2.06. The van der Waals surface area contributed by atoms with Crippen molar-refractivity contribution in [2.75, 3.05) is 30.8 Å². The van der Waals surface area contributed by atoms with E-state index in [2.05, 4.69) is 25.6 Å². The van der Waals surface area contributed by atoms with E-state index in [1.165, 1.54) is 0 Å². The topological polar surface area (TPSA) is 92.2 Å². The van der Waals surface area contributed by atoms with E-state index in [9.17, 15) is 5.11 Å². The first kappa shape index (κ1) is 13.8. The van der Waals surface area contributed by atoms with Gasteiger partial charge in [-0.05, 0) is 26.7 Å². The van der Waals surface area contributed by atoms with Crippen molar-refractivity contribution in [1.29, 1.82) is 0 Å². The molecule has 0 amide bonds. The fraction of sp³-hybridized carbons (Fsp3) is 0.750. The summed E-state index contributed by atoms with van der Waals surface area (Å²) in [6.07, 6.45) is 2.08. The number of anilines is 2. The van der Waals surface area contributed by atoms with Crippen LogP contribution in [0.25, 0.3) is 0 Å². The Morgan fingerprint density at radius 2 is 1.95 bits per heavy atom. The van der Waals surface area contributed by atoms with Gasteiger partial charge < -0.3 is 20.5 Å². The molecule has 19 heavy (non-hydrogen) atoms. The summed E-state index contributed by atoms with van der Waals surface area (Å²) in [6, 6.07) is 0.297. The number of ether oxygens (including phenoxy) is 1. The number of aromatic nitrogens is 3. The van der Waals surface area contributed by atoms with E-state index in [1.54, 1.807) is 7.05 Å². The second-order valence-corrected chi connectivity index (χ2v) is 5.19. The highest BCUT2D eigenvalue weighted by atomic mass is 16.5. The van der Waals surface area contributed by atoms with Crippen LogP contribution in [-0.2, 0) is 0 Å². The number of aliphatic hydroxyl groups is 1. The van der Waals surface area contributed by atoms with Crippen LogP contribution in [0.4, 0.5) is 11.9 Å². The van der Waals surface area contributed by atoms with Gasteiger partial charge in [0.25, 0.3) is 0 Å². The first-order valence-electron chi connectivity index (χ1n) is 6.52. The van der Waals surface area contributed by atoms with E-state index in [4.69, 9.17) is 4.74 Å². The maximum absolute atomic E-state index is 9.28. The predicted molar refractivity (Wildman–Crippen MR) is 72.4 cm³/mol. The molecule has 0 aliphatic heterocycles. The zero-order chi connectivity index (χ0) is 13.9. The molecular formula is C12H21N5O2. The van der Waals surface area contributed by atoms with Gasteiger partial charge in [0.1, 0.15) is 0 Å². The van der Waals surface area contributed by atoms with Crippen molar-refractivity contribution < 1.29 is 9.84 Å². The Hall–Kier alpha value is -1.63. The number of hydrogen-bond acceptors (Lipinski definition) is 7. The van der Waals surface area contributed by atoms with Gasteiger partial charge in [0.15, 0.2) is 0 Å². The van der Waals surface area contributed by atoms with Gasteiger partial charge in [-0.1, -0.05) is 0 Å². The smallest absolute Gasteiger partial charge is 0.323 e. The number of aliphatic hydroxyl groups excluding tert-OH is 1. The van der Waals surface area contributed by atoms with Crippen molar-refractivity contribution in [1.82, 2.24) is 15.0 Å². The van der Waals surface area contributed by atoms with Gasteiger partial charge in [0, 0.05) is 19.0 Å². The van der Waals surface area contributed by atoms with Crippen LogP contribution in [0.1, 0.15) is 26.7 Å². The summed E-state index contributed by atoms with van der Waals surface area (Å²) in [4.78, 5) is 12.6. The molecule has 0 unspecified atom stereocenters. The van der Waals surface area contributed by atoms with Crippen LogP contribution >= 0.6 is 0 Å². The number of rotatable bonds is 7. The van der Waals surface area contributed by atoms with Crippen molar-refractivity contribution in [2.24, 2.45) is 5.41 Å². The first-order valence-corrected chi connectivity index (χ1v) is 6.52. The molecule has 1 aromatic heterocycles. The van der Waals surface area contributed by atoms with Gasteiger partial charge in [-0.15, -0.1) is 0 Å². The van der Waals surface area contributed by atoms with Crippen LogP contribution in [0, 0.1) is 5.41 Å². The van der Waals surface area contributed by atoms with Crippen LogP contribution in [0.5, 0.6) is 6.01 Å². The third-order valence-electron chi connectivity index (χ3n) is 3.09. The average molecular weight is 267 g/mol. The van der Waals surface area contributed by atoms with Crippen LogP contribution in [0.3, 0.4) is 0 Å². The van der Waals surface area contributed by atoms with Crippen molar-refractivity contribution >= 4 is 11.9 Å². The third-order valence-corrected chi connectivity index (χ3v) is 3.09. The Kier molecular flexibility index (Phi) is 4.04. The summed E-state index contributed by atoms with van der Waals surface area (Å²) in [7, 11) is 1.74. The maximum Gasteiger partial charge on any atom is 0.323 e. The molecule has 0 atom stereocenters. The predicted octanol–water partition coefficient (Wildman–Crippen LogP) is 0.885. The molecule has 0 radical (unpaired) electrons. The quantitative estimate of drug-likeness (QED) is 0.675. The molecule has 7 heteroatoms. The molecule has 3 N–H and O–H groups in total. The van der Waals surface area contributed by atoms with E-state index in [-0.39, 0.29) is 18.1 Å². The van der Waals surface area contributed by atoms with E-state index < -0.39 is 0 Å². The van der Waals surface area contributed by atoms with Crippen LogP contribution < -0.4 is 15.4 Å². The van der Waals surface area contributed by atoms with Gasteiger partial charge >= 0.3 is 6.01 Å². The highest BCUT2D eigenvalue weighted by Crippen LogP contribution is 2.44. The molecule has 0 aromatic carbocycles. The Labute approximate surface area is 112 Å². The largest absolute Gasteiger partial charge is 0.461 e. The van der Waals surface area contributed by atoms with Gasteiger partial charge in [-0.3, -0.25) is 0 Å². The van der Waals surface area contributed by atoms with E-state index in [1.807, 2.05) is 13.8 Å². The monoisotopic (exact) mass is 267 g/mol. The lowest BCUT2D eigenvalue weighted by molar-refractivity contribution is 0.218. The van der Waals surface area contributed by atoms with Crippen molar-refractivity contribution in [3.63, 3.8) is 0 Å². The summed E-state index contributed by atoms with van der Waals surface area (Å²) < 4.78 is 5.48. The molecule has 0 saturated heterocycles. The molecule has 1 aliphatic carbocycles. The van der Waals surface area contributed by atoms with Gasteiger partial charge in [0.05, 0.1) is 12.7 Å². The fourth-order valence-corrected chi connectivity index (χ4v) is 1.65. The molecular weight excluding hydrogens is 246 g/mol. The van der Waals surface area contributed by atoms with Gasteiger partial charge in [-0.25, -0.2) is 0 Å². The van der Waals surface area contributed by atoms with E-state index >= 15 is 0 Å². The number of nitrogens with one attached hydrogen (secondary N) is 2. The summed E-state index contributed by atoms with van der Waals surface area (Å²) in [5, 5.41) is 15.3. The van der Waals surface area contributed by atoms with Crippen LogP contribution in [0.2, 0.25) is 0 Å². The minimum atomic E-state index is 0.00546. The highest BCUT2D eigenvalue weighted by molar-refractivity contribution is 5.35. The van der Waals surface area contributed by atoms with Crippen molar-refractivity contribution in [3.05, 3.63) is 0 Å². The number of hydrogen-bond donors (Lipinski definition) is 3. The van der Waals surface area contributed by atoms with Crippen LogP contribution in [0.15, 0.2) is 0 Å². The molecule has 0 bridgehead atoms. The van der Waals surface area contributed by atoms with E-state index in [0.717, 1.165) is 12.8 Å². The first-order chi connectivity index (χ1) is 9.07. The molecule has 7 nitrogen and oxygen atoms in total. The second-order valence-electron chi connectivity index (χ2n) is 5.19. The zero-order valence-electron chi connectivity index (χ0n) is 11.6. The Morgan fingerprint density at radius 3 is 2.47 bits per heavy atom. The Morgan fingerprint density at radius 1 is 1.26 bits per heavy atom. The van der Waals surface area contributed by atoms with Gasteiger partial charge in [-0.2, -0.15) is 15.0 Å². The summed E-state index contributed by atoms with van der Waals surface area (Å²) in [5.41, 5.74) is 0.00546. The molecule has 1 heterocycles. The standard InChI is InChI=1S/C12H21N5O2/c1-8(2)19-11-16-9(13-3)15-10(17-11)14-6-12(7-18)4-5-12/h8,18H,4-7H2,1-3H3,(H2,13,14,15,16,17). The molecule has 1 aliphatic rings. The van der Waals surface area contributed by atoms with Crippen molar-refractivity contribution in [3.8, 4) is 6.01 Å². The molecule has 1 saturated carbocycles. The van der Waals surface area contributed by atoms with Crippen LogP contribution in [-0.4, -0.2) is 46.4 Å². The molecule has 2 rings (SSSR count). The lowest BCUT2D eigenvalue weighted by Gasteiger charge is -2.14. The summed E-state index contributed by atoms with van der Waals surface area (Å²) in [5.74, 6) is 0.928. The lowest BCUT2D eigenvalue weighted by Crippen LogP contribution is -2.21. The lowest BCUT2D eigenvalue weighted by atomic mass is 10.1. The van der Waals surface area contributed by atoms with E-state index in [0.29, 0.717) is 24.5 Å². The minimum absolute atomic E-state index is 0.00546. The highest BCUT2D eigenvalue weighted by Gasteiger charge is 2.41. The van der Waals surface area contributed by atoms with Crippen molar-refractivity contribution in [2.45, 2.75) is 32.8 Å². The molecule has 1 fully saturated rings. The molecule has 1 aromatic rings. The molecule has 106 valence electrons. The summed E-state index contributed by atoms with van der Waals surface area (Å²) in [6.45, 7) is 4.69.